The summed E-state index contributed by atoms with van der Waals surface area (Å²) in [6.07, 6.45) is 0. The number of anilines is 1. The van der Waals surface area contributed by atoms with Crippen LogP contribution < -0.4 is 10.5 Å². The first kappa shape index (κ1) is 18.8. The van der Waals surface area contributed by atoms with Gasteiger partial charge in [0.1, 0.15) is 12.4 Å². The van der Waals surface area contributed by atoms with E-state index in [1.54, 1.807) is 33.9 Å². The summed E-state index contributed by atoms with van der Waals surface area (Å²) in [7, 11) is 1.63. The number of carbonyl (C=O) groups excluding carboxylic acids is 2. The molecule has 3 rings (SSSR count). The quantitative estimate of drug-likeness (QED) is 0.777. The van der Waals surface area contributed by atoms with Gasteiger partial charge in [-0.2, -0.15) is 0 Å². The number of benzene rings is 1. The van der Waals surface area contributed by atoms with Crippen LogP contribution in [-0.4, -0.2) is 29.6 Å². The molecule has 0 N–H and O–H groups in total. The second-order valence-electron chi connectivity index (χ2n) is 6.59. The SMILES string of the molecule is CCOC(=O)CN1C(=O)C(C)c2cc(F)ccc2-c2c1cc(C)n(C)c2=O. The van der Waals surface area contributed by atoms with E-state index in [-0.39, 0.29) is 30.2 Å². The van der Waals surface area contributed by atoms with E-state index in [0.717, 1.165) is 0 Å². The van der Waals surface area contributed by atoms with Crippen LogP contribution in [0.5, 0.6) is 0 Å². The van der Waals surface area contributed by atoms with Gasteiger partial charge in [-0.1, -0.05) is 6.07 Å². The molecule has 0 saturated carbocycles. The number of ether oxygens (including phenoxy) is 1. The lowest BCUT2D eigenvalue weighted by atomic mass is 9.92. The van der Waals surface area contributed by atoms with Crippen molar-refractivity contribution in [3.8, 4) is 11.1 Å². The Balaban J connectivity index is 2.33. The number of pyridine rings is 1. The van der Waals surface area contributed by atoms with E-state index in [9.17, 15) is 18.8 Å². The number of fused-ring (bicyclic) bond motifs is 3. The van der Waals surface area contributed by atoms with Crippen LogP contribution in [0.4, 0.5) is 10.1 Å². The molecule has 6 nitrogen and oxygen atoms in total. The molecule has 0 spiro atoms. The minimum atomic E-state index is -0.720. The summed E-state index contributed by atoms with van der Waals surface area (Å²) in [6.45, 7) is 4.94. The second-order valence-corrected chi connectivity index (χ2v) is 6.59. The van der Waals surface area contributed by atoms with Crippen LogP contribution in [-0.2, 0) is 21.4 Å². The molecule has 27 heavy (non-hydrogen) atoms. The molecule has 1 aromatic heterocycles. The summed E-state index contributed by atoms with van der Waals surface area (Å²) >= 11 is 0. The molecule has 7 heteroatoms. The van der Waals surface area contributed by atoms with Gasteiger partial charge in [-0.15, -0.1) is 0 Å². The molecular formula is C20H21FN2O4. The third kappa shape index (κ3) is 3.13. The number of hydrogen-bond acceptors (Lipinski definition) is 4. The zero-order valence-electron chi connectivity index (χ0n) is 15.7. The smallest absolute Gasteiger partial charge is 0.326 e. The first-order chi connectivity index (χ1) is 12.8. The minimum absolute atomic E-state index is 0.185. The number of aromatic nitrogens is 1. The monoisotopic (exact) mass is 372 g/mol. The van der Waals surface area contributed by atoms with Crippen LogP contribution in [0.2, 0.25) is 0 Å². The summed E-state index contributed by atoms with van der Waals surface area (Å²) in [5, 5.41) is 0. The highest BCUT2D eigenvalue weighted by Crippen LogP contribution is 2.39. The van der Waals surface area contributed by atoms with Crippen molar-refractivity contribution in [2.24, 2.45) is 7.05 Å². The van der Waals surface area contributed by atoms with Gasteiger partial charge < -0.3 is 9.30 Å². The van der Waals surface area contributed by atoms with Gasteiger partial charge in [0.15, 0.2) is 0 Å². The van der Waals surface area contributed by atoms with Crippen molar-refractivity contribution in [2.75, 3.05) is 18.1 Å². The number of esters is 1. The fourth-order valence-corrected chi connectivity index (χ4v) is 3.37. The maximum atomic E-state index is 13.9. The zero-order chi connectivity index (χ0) is 19.9. The lowest BCUT2D eigenvalue weighted by Gasteiger charge is -2.24. The topological polar surface area (TPSA) is 68.6 Å². The van der Waals surface area contributed by atoms with E-state index in [1.165, 1.54) is 27.7 Å². The van der Waals surface area contributed by atoms with Crippen molar-refractivity contribution in [3.05, 3.63) is 51.7 Å². The summed E-state index contributed by atoms with van der Waals surface area (Å²) in [5.74, 6) is -2.17. The Morgan fingerprint density at radius 2 is 1.96 bits per heavy atom. The lowest BCUT2D eigenvalue weighted by molar-refractivity contribution is -0.142. The van der Waals surface area contributed by atoms with E-state index in [1.807, 2.05) is 0 Å². The molecule has 2 heterocycles. The molecule has 1 aromatic carbocycles. The van der Waals surface area contributed by atoms with Gasteiger partial charge in [0.25, 0.3) is 5.56 Å². The Morgan fingerprint density at radius 1 is 1.26 bits per heavy atom. The van der Waals surface area contributed by atoms with E-state index in [4.69, 9.17) is 4.74 Å². The fourth-order valence-electron chi connectivity index (χ4n) is 3.37. The third-order valence-corrected chi connectivity index (χ3v) is 4.92. The molecule has 1 aliphatic rings. The largest absolute Gasteiger partial charge is 0.465 e. The Hall–Kier alpha value is -2.96. The highest BCUT2D eigenvalue weighted by Gasteiger charge is 2.35. The van der Waals surface area contributed by atoms with Crippen molar-refractivity contribution < 1.29 is 18.7 Å². The number of halogens is 1. The van der Waals surface area contributed by atoms with E-state index in [2.05, 4.69) is 0 Å². The lowest BCUT2D eigenvalue weighted by Crippen LogP contribution is -2.39. The molecule has 0 fully saturated rings. The number of amides is 1. The van der Waals surface area contributed by atoms with Crippen molar-refractivity contribution in [1.29, 1.82) is 0 Å². The number of hydrogen-bond donors (Lipinski definition) is 0. The normalized spacial score (nSPS) is 15.8. The predicted molar refractivity (Wildman–Crippen MR) is 99.2 cm³/mol. The van der Waals surface area contributed by atoms with Gasteiger partial charge in [-0.3, -0.25) is 19.3 Å². The highest BCUT2D eigenvalue weighted by atomic mass is 19.1. The molecule has 1 aliphatic heterocycles. The van der Waals surface area contributed by atoms with Crippen LogP contribution in [0.3, 0.4) is 0 Å². The molecule has 142 valence electrons. The Labute approximate surface area is 156 Å². The van der Waals surface area contributed by atoms with Gasteiger partial charge in [0.05, 0.1) is 23.8 Å². The van der Waals surface area contributed by atoms with Gasteiger partial charge >= 0.3 is 5.97 Å². The number of carbonyl (C=O) groups is 2. The molecule has 0 bridgehead atoms. The van der Waals surface area contributed by atoms with Crippen LogP contribution in [0.15, 0.2) is 29.1 Å². The van der Waals surface area contributed by atoms with Gasteiger partial charge in [0, 0.05) is 12.7 Å². The maximum Gasteiger partial charge on any atom is 0.326 e. The van der Waals surface area contributed by atoms with Crippen molar-refractivity contribution in [1.82, 2.24) is 4.57 Å². The summed E-state index contributed by atoms with van der Waals surface area (Å²) < 4.78 is 20.3. The number of rotatable bonds is 3. The molecule has 1 amide bonds. The molecular weight excluding hydrogens is 351 g/mol. The maximum absolute atomic E-state index is 13.9. The summed E-state index contributed by atoms with van der Waals surface area (Å²) in [4.78, 5) is 39.5. The van der Waals surface area contributed by atoms with Gasteiger partial charge in [0.2, 0.25) is 5.91 Å². The van der Waals surface area contributed by atoms with Crippen LogP contribution >= 0.6 is 0 Å². The van der Waals surface area contributed by atoms with Crippen LogP contribution in [0, 0.1) is 12.7 Å². The van der Waals surface area contributed by atoms with Crippen molar-refractivity contribution in [2.45, 2.75) is 26.7 Å². The first-order valence-electron chi connectivity index (χ1n) is 8.73. The fraction of sp³-hybridized carbons (Fsp3) is 0.350. The summed E-state index contributed by atoms with van der Waals surface area (Å²) in [5.41, 5.74) is 1.87. The van der Waals surface area contributed by atoms with Gasteiger partial charge in [-0.25, -0.2) is 4.39 Å². The van der Waals surface area contributed by atoms with Crippen molar-refractivity contribution >= 4 is 17.6 Å². The first-order valence-corrected chi connectivity index (χ1v) is 8.73. The highest BCUT2D eigenvalue weighted by molar-refractivity contribution is 6.07. The number of nitrogens with zero attached hydrogens (tertiary/aromatic N) is 2. The van der Waals surface area contributed by atoms with E-state index >= 15 is 0 Å². The Morgan fingerprint density at radius 3 is 2.63 bits per heavy atom. The minimum Gasteiger partial charge on any atom is -0.465 e. The molecule has 1 unspecified atom stereocenters. The van der Waals surface area contributed by atoms with Crippen LogP contribution in [0.25, 0.3) is 11.1 Å². The third-order valence-electron chi connectivity index (χ3n) is 4.92. The Kier molecular flexibility index (Phi) is 4.87. The molecule has 2 aromatic rings. The Bertz CT molecular complexity index is 996. The molecule has 0 radical (unpaired) electrons. The average molecular weight is 372 g/mol. The van der Waals surface area contributed by atoms with E-state index in [0.29, 0.717) is 22.5 Å². The van der Waals surface area contributed by atoms with Crippen LogP contribution in [0.1, 0.15) is 31.0 Å². The molecule has 0 aliphatic carbocycles. The molecule has 0 saturated heterocycles. The standard InChI is InChI=1S/C20H21FN2O4/c1-5-27-17(24)10-23-16-8-11(2)22(4)20(26)18(16)14-7-6-13(21)9-15(14)12(3)19(23)25/h6-9,12H,5,10H2,1-4H3. The van der Waals surface area contributed by atoms with E-state index < -0.39 is 17.7 Å². The number of aryl methyl sites for hydroxylation is 1. The zero-order valence-corrected chi connectivity index (χ0v) is 15.7. The predicted octanol–water partition coefficient (Wildman–Crippen LogP) is 2.51. The average Bonchev–Trinajstić information content (AvgIpc) is 2.70. The van der Waals surface area contributed by atoms with Crippen molar-refractivity contribution in [3.63, 3.8) is 0 Å². The molecule has 1 atom stereocenters. The second kappa shape index (κ2) is 6.98. The summed E-state index contributed by atoms with van der Waals surface area (Å²) in [6, 6.07) is 5.74. The van der Waals surface area contributed by atoms with Gasteiger partial charge in [-0.05, 0) is 50.1 Å².